The Morgan fingerprint density at radius 1 is 0.919 bits per heavy atom. The Kier molecular flexibility index (Phi) is 23.1. The lowest BCUT2D eigenvalue weighted by atomic mass is 10.0. The molecule has 1 aliphatic rings. The maximum atomic E-state index is 10.2. The Labute approximate surface area is 217 Å². The molecule has 0 amide bonds. The first-order chi connectivity index (χ1) is 17.0. The first kappa shape index (κ1) is 38.5. The molecule has 1 fully saturated rings. The number of guanidine groups is 1. The zero-order valence-corrected chi connectivity index (χ0v) is 22.2. The van der Waals surface area contributed by atoms with Crippen molar-refractivity contribution in [1.82, 2.24) is 5.32 Å². The normalized spacial score (nSPS) is 17.1. The maximum Gasteiger partial charge on any atom is 0.320 e. The van der Waals surface area contributed by atoms with E-state index in [0.29, 0.717) is 19.4 Å². The van der Waals surface area contributed by atoms with Gasteiger partial charge in [0.25, 0.3) is 0 Å². The number of rotatable bonds is 11. The van der Waals surface area contributed by atoms with E-state index in [1.54, 1.807) is 13.8 Å². The Morgan fingerprint density at radius 2 is 1.43 bits per heavy atom. The zero-order valence-electron chi connectivity index (χ0n) is 22.2. The standard InChI is InChI=1S/C6H14N4O2.C6H13NO2.C5H9NO2.C5H11NO2/c7-4(5(11)12)2-1-3-10-6(8)9;1-3-4(2)5(7)6(8)9;7-5(8)4-2-1-3-6-4;1-3(2)4(6)5(7)8/h4H,1-3,7H2,(H,11,12)(H4,8,9,10);4-5H,3,7H2,1-2H3,(H,8,9);4,6H,1-3H2,(H,7,8);3-4H,6H2,1-2H3,(H,7,8)/t;;4-;/m..0./s1. The molecule has 0 saturated carbocycles. The van der Waals surface area contributed by atoms with E-state index in [0.717, 1.165) is 25.8 Å². The topological polar surface area (TPSA) is 304 Å². The molecule has 4 unspecified atom stereocenters. The molecule has 0 bridgehead atoms. The van der Waals surface area contributed by atoms with Gasteiger partial charge in [0.15, 0.2) is 5.96 Å². The highest BCUT2D eigenvalue weighted by molar-refractivity contribution is 5.76. The molecule has 15 nitrogen and oxygen atoms in total. The van der Waals surface area contributed by atoms with Crippen molar-refractivity contribution in [3.63, 3.8) is 0 Å². The monoisotopic (exact) mass is 537 g/mol. The van der Waals surface area contributed by atoms with Crippen LogP contribution in [-0.4, -0.2) is 87.5 Å². The third kappa shape index (κ3) is 23.2. The molecular formula is C22H47N7O8. The summed E-state index contributed by atoms with van der Waals surface area (Å²) < 4.78 is 0. The fourth-order valence-electron chi connectivity index (χ4n) is 2.32. The number of aliphatic imine (C=N–C) groups is 1. The van der Waals surface area contributed by atoms with Gasteiger partial charge in [-0.25, -0.2) is 0 Å². The van der Waals surface area contributed by atoms with Crippen LogP contribution in [-0.2, 0) is 19.2 Å². The second-order valence-corrected chi connectivity index (χ2v) is 8.74. The summed E-state index contributed by atoms with van der Waals surface area (Å²) in [5.41, 5.74) is 25.8. The number of carbonyl (C=O) groups is 4. The minimum absolute atomic E-state index is 0.0129. The van der Waals surface area contributed by atoms with Crippen LogP contribution in [0.3, 0.4) is 0 Å². The molecule has 37 heavy (non-hydrogen) atoms. The Hall–Kier alpha value is -3.01. The second-order valence-electron chi connectivity index (χ2n) is 8.74. The van der Waals surface area contributed by atoms with E-state index < -0.39 is 42.0 Å². The van der Waals surface area contributed by atoms with Gasteiger partial charge in [0.1, 0.15) is 24.2 Å². The van der Waals surface area contributed by atoms with Crippen LogP contribution in [0.2, 0.25) is 0 Å². The molecule has 0 aromatic heterocycles. The average Bonchev–Trinajstić information content (AvgIpc) is 3.36. The van der Waals surface area contributed by atoms with Crippen LogP contribution in [0.15, 0.2) is 4.99 Å². The highest BCUT2D eigenvalue weighted by Gasteiger charge is 2.20. The van der Waals surface area contributed by atoms with Crippen LogP contribution < -0.4 is 34.0 Å². The number of aliphatic carboxylic acids is 4. The van der Waals surface area contributed by atoms with Gasteiger partial charge < -0.3 is 54.4 Å². The number of carboxylic acid groups (broad SMARTS) is 4. The van der Waals surface area contributed by atoms with Gasteiger partial charge >= 0.3 is 23.9 Å². The summed E-state index contributed by atoms with van der Waals surface area (Å²) in [5, 5.41) is 36.2. The largest absolute Gasteiger partial charge is 0.480 e. The van der Waals surface area contributed by atoms with Crippen molar-refractivity contribution in [2.45, 2.75) is 84.0 Å². The average molecular weight is 538 g/mol. The lowest BCUT2D eigenvalue weighted by Gasteiger charge is -2.11. The van der Waals surface area contributed by atoms with E-state index in [2.05, 4.69) is 10.3 Å². The third-order valence-electron chi connectivity index (χ3n) is 5.19. The molecule has 0 aromatic carbocycles. The number of nitrogens with two attached hydrogens (primary N) is 5. The van der Waals surface area contributed by atoms with Crippen molar-refractivity contribution in [2.24, 2.45) is 45.5 Å². The molecule has 1 aliphatic heterocycles. The molecular weight excluding hydrogens is 490 g/mol. The summed E-state index contributed by atoms with van der Waals surface area (Å²) in [6.45, 7) is 8.59. The predicted molar refractivity (Wildman–Crippen MR) is 140 cm³/mol. The lowest BCUT2D eigenvalue weighted by molar-refractivity contribution is -0.140. The van der Waals surface area contributed by atoms with Crippen molar-refractivity contribution < 1.29 is 39.6 Å². The quantitative estimate of drug-likeness (QED) is 0.0838. The smallest absolute Gasteiger partial charge is 0.320 e. The molecule has 0 aromatic rings. The van der Waals surface area contributed by atoms with Gasteiger partial charge in [-0.2, -0.15) is 0 Å². The highest BCUT2D eigenvalue weighted by atomic mass is 16.4. The van der Waals surface area contributed by atoms with Crippen LogP contribution in [0.4, 0.5) is 0 Å². The van der Waals surface area contributed by atoms with Crippen LogP contribution in [0.1, 0.15) is 59.8 Å². The first-order valence-electron chi connectivity index (χ1n) is 12.0. The molecule has 15 heteroatoms. The molecule has 0 aliphatic carbocycles. The zero-order chi connectivity index (χ0) is 29.7. The third-order valence-corrected chi connectivity index (χ3v) is 5.19. The van der Waals surface area contributed by atoms with Gasteiger partial charge in [0, 0.05) is 6.54 Å². The SMILES string of the molecule is CC(C)C(N)C(=O)O.CCC(C)C(N)C(=O)O.NC(N)=NCCCC(N)C(=O)O.O=C(O)[C@@H]1CCCN1. The van der Waals surface area contributed by atoms with Gasteiger partial charge in [-0.15, -0.1) is 0 Å². The van der Waals surface area contributed by atoms with Crippen LogP contribution in [0.25, 0.3) is 0 Å². The number of hydrogen-bond donors (Lipinski definition) is 10. The Bertz CT molecular complexity index is 685. The van der Waals surface area contributed by atoms with Crippen molar-refractivity contribution in [1.29, 1.82) is 0 Å². The molecule has 1 rings (SSSR count). The van der Waals surface area contributed by atoms with E-state index in [-0.39, 0.29) is 23.8 Å². The summed E-state index contributed by atoms with van der Waals surface area (Å²) >= 11 is 0. The molecule has 1 heterocycles. The molecule has 0 spiro atoms. The van der Waals surface area contributed by atoms with E-state index in [4.69, 9.17) is 49.1 Å². The van der Waals surface area contributed by atoms with Crippen molar-refractivity contribution in [3.8, 4) is 0 Å². The van der Waals surface area contributed by atoms with E-state index in [1.165, 1.54) is 0 Å². The van der Waals surface area contributed by atoms with Gasteiger partial charge in [-0.1, -0.05) is 34.1 Å². The number of nitrogens with zero attached hydrogens (tertiary/aromatic N) is 1. The number of nitrogens with one attached hydrogen (secondary N) is 1. The molecule has 5 atom stereocenters. The van der Waals surface area contributed by atoms with Gasteiger partial charge in [0.05, 0.1) is 0 Å². The predicted octanol–water partition coefficient (Wildman–Crippen LogP) is -1.23. The van der Waals surface area contributed by atoms with Crippen molar-refractivity contribution >= 4 is 29.8 Å². The van der Waals surface area contributed by atoms with Gasteiger partial charge in [-0.05, 0) is 44.1 Å². The highest BCUT2D eigenvalue weighted by Crippen LogP contribution is 2.04. The fraction of sp³-hybridized carbons (Fsp3) is 0.773. The molecule has 1 saturated heterocycles. The summed E-state index contributed by atoms with van der Waals surface area (Å²) in [5.74, 6) is -3.46. The van der Waals surface area contributed by atoms with E-state index in [9.17, 15) is 19.2 Å². The summed E-state index contributed by atoms with van der Waals surface area (Å²) in [6.07, 6.45) is 3.55. The number of hydrogen-bond acceptors (Lipinski definition) is 9. The van der Waals surface area contributed by atoms with Crippen molar-refractivity contribution in [2.75, 3.05) is 13.1 Å². The van der Waals surface area contributed by atoms with Crippen molar-refractivity contribution in [3.05, 3.63) is 0 Å². The number of carboxylic acids is 4. The van der Waals surface area contributed by atoms with Crippen LogP contribution in [0, 0.1) is 11.8 Å². The second kappa shape index (κ2) is 22.2. The molecule has 15 N–H and O–H groups in total. The maximum absolute atomic E-state index is 10.2. The Balaban J connectivity index is -0.000000423. The van der Waals surface area contributed by atoms with Gasteiger partial charge in [0.2, 0.25) is 0 Å². The summed E-state index contributed by atoms with van der Waals surface area (Å²) in [6, 6.07) is -2.50. The van der Waals surface area contributed by atoms with Crippen LogP contribution >= 0.6 is 0 Å². The van der Waals surface area contributed by atoms with Crippen LogP contribution in [0.5, 0.6) is 0 Å². The molecule has 0 radical (unpaired) electrons. The fourth-order valence-corrected chi connectivity index (χ4v) is 2.32. The summed E-state index contributed by atoms with van der Waals surface area (Å²) in [7, 11) is 0. The lowest BCUT2D eigenvalue weighted by Crippen LogP contribution is -2.36. The van der Waals surface area contributed by atoms with E-state index >= 15 is 0 Å². The minimum Gasteiger partial charge on any atom is -0.480 e. The molecule has 218 valence electrons. The van der Waals surface area contributed by atoms with E-state index in [1.807, 2.05) is 13.8 Å². The summed E-state index contributed by atoms with van der Waals surface area (Å²) in [4.78, 5) is 44.2. The van der Waals surface area contributed by atoms with Gasteiger partial charge in [-0.3, -0.25) is 24.2 Å². The minimum atomic E-state index is -1.00. The Morgan fingerprint density at radius 3 is 1.65 bits per heavy atom. The first-order valence-corrected chi connectivity index (χ1v) is 12.0.